The van der Waals surface area contributed by atoms with Gasteiger partial charge in [-0.3, -0.25) is 19.0 Å². The van der Waals surface area contributed by atoms with E-state index in [1.807, 2.05) is 17.9 Å². The van der Waals surface area contributed by atoms with E-state index in [0.29, 0.717) is 56.2 Å². The predicted molar refractivity (Wildman–Crippen MR) is 155 cm³/mol. The minimum absolute atomic E-state index is 0.0206. The molecule has 0 unspecified atom stereocenters. The van der Waals surface area contributed by atoms with Gasteiger partial charge in [0.05, 0.1) is 18.8 Å². The number of halogens is 2. The van der Waals surface area contributed by atoms with Crippen molar-refractivity contribution in [2.24, 2.45) is 0 Å². The highest BCUT2D eigenvalue weighted by Crippen LogP contribution is 2.40. The molecule has 0 aliphatic carbocycles. The molecular weight excluding hydrogens is 546 g/mol. The number of benzene rings is 1. The molecule has 2 aliphatic rings. The molecule has 1 N–H and O–H groups in total. The van der Waals surface area contributed by atoms with Gasteiger partial charge >= 0.3 is 0 Å². The van der Waals surface area contributed by atoms with Gasteiger partial charge in [0.15, 0.2) is 5.82 Å². The Morgan fingerprint density at radius 1 is 1.26 bits per heavy atom. The standard InChI is InChI=1S/C29H38F2N6O2.CH2O2/c1-4-6-12-36(23-7-8-24(25(16-23)28(30)31)21-17-32-35(5-2)18-21)29-26-19-34(20(3)38)13-9-27(26)37(33-29)22-10-14-39-15-11-22;2-1-3/h7-8,16-18,22,28H,4-6,9-15,19H2,1-3H3;1H,(H,2,3). The van der Waals surface area contributed by atoms with Gasteiger partial charge in [0.2, 0.25) is 5.91 Å². The summed E-state index contributed by atoms with van der Waals surface area (Å²) in [5, 5.41) is 16.3. The fourth-order valence-corrected chi connectivity index (χ4v) is 5.66. The molecule has 1 fully saturated rings. The molecule has 1 amide bonds. The minimum atomic E-state index is -2.64. The first-order valence-corrected chi connectivity index (χ1v) is 14.6. The van der Waals surface area contributed by atoms with E-state index in [2.05, 4.69) is 21.6 Å². The molecule has 4 heterocycles. The fraction of sp³-hybridized carbons (Fsp3) is 0.533. The maximum absolute atomic E-state index is 14.4. The molecule has 228 valence electrons. The van der Waals surface area contributed by atoms with Crippen LogP contribution in [0.2, 0.25) is 0 Å². The molecule has 1 aromatic carbocycles. The number of nitrogens with zero attached hydrogens (tertiary/aromatic N) is 6. The SMILES string of the molecule is CCCCN(c1ccc(-c2cnn(CC)c2)c(C(F)F)c1)c1nn(C2CCOCC2)c2c1CN(C(C)=O)CC2.O=CO. The summed E-state index contributed by atoms with van der Waals surface area (Å²) in [6.45, 7) is 9.26. The van der Waals surface area contributed by atoms with E-state index < -0.39 is 6.43 Å². The Hall–Kier alpha value is -3.80. The van der Waals surface area contributed by atoms with Crippen LogP contribution in [0.15, 0.2) is 30.6 Å². The van der Waals surface area contributed by atoms with Crippen LogP contribution < -0.4 is 4.90 Å². The van der Waals surface area contributed by atoms with Crippen molar-refractivity contribution in [2.45, 2.75) is 78.4 Å². The van der Waals surface area contributed by atoms with E-state index in [9.17, 15) is 13.6 Å². The van der Waals surface area contributed by atoms with Crippen molar-refractivity contribution in [1.82, 2.24) is 24.5 Å². The van der Waals surface area contributed by atoms with Gasteiger partial charge in [-0.25, -0.2) is 8.78 Å². The largest absolute Gasteiger partial charge is 0.483 e. The summed E-state index contributed by atoms with van der Waals surface area (Å²) in [6, 6.07) is 5.51. The van der Waals surface area contributed by atoms with E-state index in [0.717, 1.165) is 49.2 Å². The van der Waals surface area contributed by atoms with Crippen molar-refractivity contribution < 1.29 is 28.2 Å². The van der Waals surface area contributed by atoms with E-state index >= 15 is 0 Å². The maximum atomic E-state index is 14.4. The van der Waals surface area contributed by atoms with Gasteiger partial charge in [-0.15, -0.1) is 0 Å². The second kappa shape index (κ2) is 14.4. The van der Waals surface area contributed by atoms with Gasteiger partial charge < -0.3 is 19.6 Å². The molecule has 3 aromatic rings. The maximum Gasteiger partial charge on any atom is 0.290 e. The molecule has 0 atom stereocenters. The number of amides is 1. The summed E-state index contributed by atoms with van der Waals surface area (Å²) in [5.41, 5.74) is 4.00. The number of alkyl halides is 2. The third kappa shape index (κ3) is 6.80. The predicted octanol–water partition coefficient (Wildman–Crippen LogP) is 5.60. The Morgan fingerprint density at radius 2 is 2.00 bits per heavy atom. The third-order valence-corrected chi connectivity index (χ3v) is 7.89. The quantitative estimate of drug-likeness (QED) is 0.326. The number of carbonyl (C=O) groups is 2. The molecule has 0 radical (unpaired) electrons. The van der Waals surface area contributed by atoms with E-state index in [1.165, 1.54) is 0 Å². The lowest BCUT2D eigenvalue weighted by Crippen LogP contribution is -2.35. The molecule has 0 saturated carbocycles. The molecule has 0 spiro atoms. The molecule has 1 saturated heterocycles. The van der Waals surface area contributed by atoms with Crippen LogP contribution in [0, 0.1) is 0 Å². The number of ether oxygens (including phenoxy) is 1. The average Bonchev–Trinajstić information content (AvgIpc) is 3.63. The topological polar surface area (TPSA) is 106 Å². The Morgan fingerprint density at radius 3 is 2.62 bits per heavy atom. The smallest absolute Gasteiger partial charge is 0.290 e. The summed E-state index contributed by atoms with van der Waals surface area (Å²) in [5.74, 6) is 0.796. The number of carbonyl (C=O) groups excluding carboxylic acids is 1. The summed E-state index contributed by atoms with van der Waals surface area (Å²) in [6.07, 6.45) is 5.13. The van der Waals surface area contributed by atoms with E-state index in [4.69, 9.17) is 19.7 Å². The van der Waals surface area contributed by atoms with Crippen molar-refractivity contribution in [3.63, 3.8) is 0 Å². The Bertz CT molecular complexity index is 1350. The van der Waals surface area contributed by atoms with Gasteiger partial charge in [-0.05, 0) is 43.9 Å². The van der Waals surface area contributed by atoms with E-state index in [-0.39, 0.29) is 24.0 Å². The molecular formula is C30H40F2N6O4. The zero-order valence-electron chi connectivity index (χ0n) is 24.5. The second-order valence-corrected chi connectivity index (χ2v) is 10.5. The summed E-state index contributed by atoms with van der Waals surface area (Å²) >= 11 is 0. The first-order chi connectivity index (χ1) is 20.3. The zero-order valence-corrected chi connectivity index (χ0v) is 24.5. The van der Waals surface area contributed by atoms with Gasteiger partial charge in [-0.1, -0.05) is 19.4 Å². The van der Waals surface area contributed by atoms with Gasteiger partial charge in [0, 0.05) is 80.5 Å². The van der Waals surface area contributed by atoms with Crippen LogP contribution in [0.5, 0.6) is 0 Å². The molecule has 42 heavy (non-hydrogen) atoms. The summed E-state index contributed by atoms with van der Waals surface area (Å²) in [4.78, 5) is 24.6. The lowest BCUT2D eigenvalue weighted by Gasteiger charge is -2.30. The number of aryl methyl sites for hydroxylation is 1. The number of carboxylic acid groups (broad SMARTS) is 1. The molecule has 12 heteroatoms. The highest BCUT2D eigenvalue weighted by Gasteiger charge is 2.32. The average molecular weight is 587 g/mol. The number of rotatable bonds is 9. The van der Waals surface area contributed by atoms with Crippen molar-refractivity contribution in [1.29, 1.82) is 0 Å². The van der Waals surface area contributed by atoms with Crippen LogP contribution in [0.1, 0.15) is 75.7 Å². The summed E-state index contributed by atoms with van der Waals surface area (Å²) in [7, 11) is 0. The first-order valence-electron chi connectivity index (χ1n) is 14.6. The molecule has 10 nitrogen and oxygen atoms in total. The number of aromatic nitrogens is 4. The molecule has 5 rings (SSSR count). The highest BCUT2D eigenvalue weighted by atomic mass is 19.3. The van der Waals surface area contributed by atoms with Gasteiger partial charge in [-0.2, -0.15) is 10.2 Å². The molecule has 0 bridgehead atoms. The third-order valence-electron chi connectivity index (χ3n) is 7.89. The monoisotopic (exact) mass is 586 g/mol. The van der Waals surface area contributed by atoms with Crippen LogP contribution >= 0.6 is 0 Å². The van der Waals surface area contributed by atoms with E-state index in [1.54, 1.807) is 36.1 Å². The Labute approximate surface area is 244 Å². The van der Waals surface area contributed by atoms with Crippen molar-refractivity contribution in [3.8, 4) is 11.1 Å². The molecule has 2 aliphatic heterocycles. The number of hydrogen-bond donors (Lipinski definition) is 1. The lowest BCUT2D eigenvalue weighted by molar-refractivity contribution is -0.129. The van der Waals surface area contributed by atoms with Gasteiger partial charge in [0.25, 0.3) is 12.9 Å². The van der Waals surface area contributed by atoms with Crippen molar-refractivity contribution >= 4 is 23.9 Å². The second-order valence-electron chi connectivity index (χ2n) is 10.5. The number of unbranched alkanes of at least 4 members (excludes halogenated alkanes) is 1. The number of fused-ring (bicyclic) bond motifs is 1. The Balaban J connectivity index is 0.00000129. The van der Waals surface area contributed by atoms with Crippen molar-refractivity contribution in [2.75, 3.05) is 31.2 Å². The highest BCUT2D eigenvalue weighted by molar-refractivity contribution is 5.75. The zero-order chi connectivity index (χ0) is 30.2. The minimum Gasteiger partial charge on any atom is -0.483 e. The van der Waals surface area contributed by atoms with Crippen LogP contribution in [0.25, 0.3) is 11.1 Å². The fourth-order valence-electron chi connectivity index (χ4n) is 5.66. The number of hydrogen-bond acceptors (Lipinski definition) is 6. The first kappa shape index (κ1) is 31.1. The van der Waals surface area contributed by atoms with Gasteiger partial charge in [0.1, 0.15) is 0 Å². The Kier molecular flexibility index (Phi) is 10.7. The summed E-state index contributed by atoms with van der Waals surface area (Å²) < 4.78 is 38.4. The van der Waals surface area contributed by atoms with Crippen LogP contribution in [-0.2, 0) is 33.8 Å². The van der Waals surface area contributed by atoms with Crippen LogP contribution in [0.3, 0.4) is 0 Å². The molecule has 2 aromatic heterocycles. The van der Waals surface area contributed by atoms with Crippen LogP contribution in [0.4, 0.5) is 20.3 Å². The normalized spacial score (nSPS) is 15.2. The van der Waals surface area contributed by atoms with Crippen LogP contribution in [-0.4, -0.2) is 68.3 Å². The number of anilines is 2. The van der Waals surface area contributed by atoms with Crippen molar-refractivity contribution in [3.05, 3.63) is 47.4 Å². The lowest BCUT2D eigenvalue weighted by atomic mass is 10.0.